The van der Waals surface area contributed by atoms with Gasteiger partial charge in [0.25, 0.3) is 5.91 Å². The highest BCUT2D eigenvalue weighted by Gasteiger charge is 2.05. The minimum atomic E-state index is -0.432. The Morgan fingerprint density at radius 2 is 1.68 bits per heavy atom. The maximum atomic E-state index is 11.8. The van der Waals surface area contributed by atoms with E-state index < -0.39 is 5.91 Å². The Hall–Kier alpha value is -2.08. The van der Waals surface area contributed by atoms with E-state index in [0.29, 0.717) is 17.0 Å². The van der Waals surface area contributed by atoms with E-state index >= 15 is 0 Å². The summed E-state index contributed by atoms with van der Waals surface area (Å²) < 4.78 is 0. The fourth-order valence-corrected chi connectivity index (χ4v) is 2.89. The van der Waals surface area contributed by atoms with E-state index in [0.717, 1.165) is 19.3 Å². The van der Waals surface area contributed by atoms with Gasteiger partial charge in [-0.2, -0.15) is 5.10 Å². The van der Waals surface area contributed by atoms with Crippen LogP contribution in [0.25, 0.3) is 0 Å². The SMILES string of the molecule is CCCCCCCCCCCC(=O)NCC(=O)N/N=C/c1cc(Cl)ccc1O. The van der Waals surface area contributed by atoms with E-state index in [2.05, 4.69) is 22.8 Å². The normalized spacial score (nSPS) is 10.9. The van der Waals surface area contributed by atoms with Crippen molar-refractivity contribution in [3.63, 3.8) is 0 Å². The fraction of sp³-hybridized carbons (Fsp3) is 0.571. The first kappa shape index (κ1) is 24.0. The first-order chi connectivity index (χ1) is 13.5. The third-order valence-corrected chi connectivity index (χ3v) is 4.57. The molecule has 0 heterocycles. The number of amides is 2. The van der Waals surface area contributed by atoms with Crippen molar-refractivity contribution in [1.82, 2.24) is 10.7 Å². The van der Waals surface area contributed by atoms with E-state index in [-0.39, 0.29) is 18.2 Å². The fourth-order valence-electron chi connectivity index (χ4n) is 2.71. The second-order valence-electron chi connectivity index (χ2n) is 6.85. The summed E-state index contributed by atoms with van der Waals surface area (Å²) in [5.41, 5.74) is 2.69. The zero-order chi connectivity index (χ0) is 20.6. The molecule has 0 spiro atoms. The predicted molar refractivity (Wildman–Crippen MR) is 114 cm³/mol. The molecule has 0 radical (unpaired) electrons. The summed E-state index contributed by atoms with van der Waals surface area (Å²) in [7, 11) is 0. The topological polar surface area (TPSA) is 90.8 Å². The molecule has 0 saturated heterocycles. The molecule has 0 fully saturated rings. The van der Waals surface area contributed by atoms with Crippen molar-refractivity contribution in [1.29, 1.82) is 0 Å². The lowest BCUT2D eigenvalue weighted by molar-refractivity contribution is -0.126. The van der Waals surface area contributed by atoms with Gasteiger partial charge < -0.3 is 10.4 Å². The number of nitrogens with zero attached hydrogens (tertiary/aromatic N) is 1. The summed E-state index contributed by atoms with van der Waals surface area (Å²) in [5, 5.41) is 16.4. The van der Waals surface area contributed by atoms with Gasteiger partial charge in [-0.25, -0.2) is 5.43 Å². The molecule has 1 aromatic rings. The number of carbonyl (C=O) groups excluding carboxylic acids is 2. The molecule has 7 heteroatoms. The molecule has 2 amide bonds. The summed E-state index contributed by atoms with van der Waals surface area (Å²) in [6, 6.07) is 4.52. The Morgan fingerprint density at radius 3 is 2.36 bits per heavy atom. The van der Waals surface area contributed by atoms with E-state index in [1.54, 1.807) is 6.07 Å². The number of benzene rings is 1. The number of rotatable bonds is 14. The molecule has 3 N–H and O–H groups in total. The van der Waals surface area contributed by atoms with Crippen molar-refractivity contribution in [3.05, 3.63) is 28.8 Å². The molecule has 0 aromatic heterocycles. The molecular formula is C21H32ClN3O3. The second kappa shape index (κ2) is 14.9. The molecule has 1 rings (SSSR count). The van der Waals surface area contributed by atoms with E-state index in [4.69, 9.17) is 11.6 Å². The average molecular weight is 410 g/mol. The van der Waals surface area contributed by atoms with Crippen molar-refractivity contribution in [3.8, 4) is 5.75 Å². The molecule has 6 nitrogen and oxygen atoms in total. The van der Waals surface area contributed by atoms with Gasteiger partial charge in [0.2, 0.25) is 5.91 Å². The second-order valence-corrected chi connectivity index (χ2v) is 7.29. The number of halogens is 1. The minimum absolute atomic E-state index is 0.0108. The Labute approximate surface area is 172 Å². The van der Waals surface area contributed by atoms with Crippen LogP contribution in [-0.4, -0.2) is 29.7 Å². The van der Waals surface area contributed by atoms with Gasteiger partial charge in [0, 0.05) is 17.0 Å². The van der Waals surface area contributed by atoms with Gasteiger partial charge >= 0.3 is 0 Å². The Kier molecular flexibility index (Phi) is 12.8. The van der Waals surface area contributed by atoms with Crippen LogP contribution in [0, 0.1) is 0 Å². The molecular weight excluding hydrogens is 378 g/mol. The first-order valence-electron chi connectivity index (χ1n) is 10.1. The lowest BCUT2D eigenvalue weighted by Crippen LogP contribution is -2.34. The molecule has 0 aliphatic rings. The summed E-state index contributed by atoms with van der Waals surface area (Å²) in [5.74, 6) is -0.551. The Bertz CT molecular complexity index is 635. The van der Waals surface area contributed by atoms with Crippen molar-refractivity contribution in [2.45, 2.75) is 71.1 Å². The van der Waals surface area contributed by atoms with Crippen LogP contribution >= 0.6 is 11.6 Å². The number of hydrazone groups is 1. The molecule has 156 valence electrons. The third kappa shape index (κ3) is 11.6. The maximum absolute atomic E-state index is 11.8. The highest BCUT2D eigenvalue weighted by Crippen LogP contribution is 2.19. The summed E-state index contributed by atoms with van der Waals surface area (Å²) in [4.78, 5) is 23.4. The smallest absolute Gasteiger partial charge is 0.259 e. The van der Waals surface area contributed by atoms with E-state index in [1.165, 1.54) is 56.9 Å². The quantitative estimate of drug-likeness (QED) is 0.239. The van der Waals surface area contributed by atoms with Crippen LogP contribution in [0.4, 0.5) is 0 Å². The summed E-state index contributed by atoms with van der Waals surface area (Å²) in [6.07, 6.45) is 12.5. The van der Waals surface area contributed by atoms with Gasteiger partial charge in [0.15, 0.2) is 0 Å². The van der Waals surface area contributed by atoms with Crippen LogP contribution < -0.4 is 10.7 Å². The molecule has 28 heavy (non-hydrogen) atoms. The van der Waals surface area contributed by atoms with Gasteiger partial charge in [-0.05, 0) is 24.6 Å². The molecule has 1 aromatic carbocycles. The van der Waals surface area contributed by atoms with Crippen LogP contribution in [0.15, 0.2) is 23.3 Å². The molecule has 0 saturated carbocycles. The van der Waals surface area contributed by atoms with Gasteiger partial charge in [-0.3, -0.25) is 9.59 Å². The predicted octanol–water partition coefficient (Wildman–Crippen LogP) is 4.53. The highest BCUT2D eigenvalue weighted by molar-refractivity contribution is 6.30. The number of phenolic OH excluding ortho intramolecular Hbond substituents is 1. The molecule has 0 unspecified atom stereocenters. The number of aromatic hydroxyl groups is 1. The molecule has 0 bridgehead atoms. The van der Waals surface area contributed by atoms with Gasteiger partial charge in [0.05, 0.1) is 12.8 Å². The van der Waals surface area contributed by atoms with Gasteiger partial charge in [0.1, 0.15) is 5.75 Å². The zero-order valence-electron chi connectivity index (χ0n) is 16.7. The Morgan fingerprint density at radius 1 is 1.04 bits per heavy atom. The lowest BCUT2D eigenvalue weighted by atomic mass is 10.1. The largest absolute Gasteiger partial charge is 0.507 e. The average Bonchev–Trinajstić information content (AvgIpc) is 2.67. The Balaban J connectivity index is 2.07. The molecule has 0 aliphatic heterocycles. The van der Waals surface area contributed by atoms with Crippen LogP contribution in [0.3, 0.4) is 0 Å². The number of phenols is 1. The van der Waals surface area contributed by atoms with Crippen LogP contribution in [0.5, 0.6) is 5.75 Å². The summed E-state index contributed by atoms with van der Waals surface area (Å²) in [6.45, 7) is 2.09. The van der Waals surface area contributed by atoms with E-state index in [1.807, 2.05) is 0 Å². The molecule has 0 aliphatic carbocycles. The number of nitrogens with one attached hydrogen (secondary N) is 2. The third-order valence-electron chi connectivity index (χ3n) is 4.34. The lowest BCUT2D eigenvalue weighted by Gasteiger charge is -2.05. The number of unbranched alkanes of at least 4 members (excludes halogenated alkanes) is 8. The summed E-state index contributed by atoms with van der Waals surface area (Å²) >= 11 is 5.83. The standard InChI is InChI=1S/C21H32ClN3O3/c1-2-3-4-5-6-7-8-9-10-11-20(27)23-16-21(28)25-24-15-17-14-18(22)12-13-19(17)26/h12-15,26H,2-11,16H2,1H3,(H,23,27)(H,25,28)/b24-15+. The van der Waals surface area contributed by atoms with Crippen LogP contribution in [0.1, 0.15) is 76.7 Å². The molecule has 0 atom stereocenters. The van der Waals surface area contributed by atoms with Crippen molar-refractivity contribution >= 4 is 29.6 Å². The van der Waals surface area contributed by atoms with Crippen molar-refractivity contribution < 1.29 is 14.7 Å². The van der Waals surface area contributed by atoms with Crippen molar-refractivity contribution in [2.24, 2.45) is 5.10 Å². The van der Waals surface area contributed by atoms with Crippen LogP contribution in [-0.2, 0) is 9.59 Å². The highest BCUT2D eigenvalue weighted by atomic mass is 35.5. The van der Waals surface area contributed by atoms with Crippen LogP contribution in [0.2, 0.25) is 5.02 Å². The number of hydrogen-bond donors (Lipinski definition) is 3. The minimum Gasteiger partial charge on any atom is -0.507 e. The van der Waals surface area contributed by atoms with Crippen molar-refractivity contribution in [2.75, 3.05) is 6.54 Å². The zero-order valence-corrected chi connectivity index (χ0v) is 17.4. The van der Waals surface area contributed by atoms with Gasteiger partial charge in [-0.1, -0.05) is 69.9 Å². The first-order valence-corrected chi connectivity index (χ1v) is 10.5. The maximum Gasteiger partial charge on any atom is 0.259 e. The number of hydrogen-bond acceptors (Lipinski definition) is 4. The van der Waals surface area contributed by atoms with Gasteiger partial charge in [-0.15, -0.1) is 0 Å². The number of carbonyl (C=O) groups is 2. The monoisotopic (exact) mass is 409 g/mol. The van der Waals surface area contributed by atoms with E-state index in [9.17, 15) is 14.7 Å².